The molecule has 0 spiro atoms. The largest absolute Gasteiger partial charge is 0.418 e. The van der Waals surface area contributed by atoms with Crippen LogP contribution in [0.25, 0.3) is 0 Å². The van der Waals surface area contributed by atoms with Gasteiger partial charge in [0.1, 0.15) is 0 Å². The smallest absolute Gasteiger partial charge is 0.398 e. The van der Waals surface area contributed by atoms with Crippen molar-refractivity contribution in [3.8, 4) is 0 Å². The van der Waals surface area contributed by atoms with Gasteiger partial charge in [0.15, 0.2) is 0 Å². The summed E-state index contributed by atoms with van der Waals surface area (Å²) in [5.74, 6) is -0.366. The maximum Gasteiger partial charge on any atom is 0.418 e. The van der Waals surface area contributed by atoms with Gasteiger partial charge in [-0.2, -0.15) is 13.2 Å². The number of anilines is 2. The highest BCUT2D eigenvalue weighted by molar-refractivity contribution is 5.91. The monoisotopic (exact) mass is 276 g/mol. The molecule has 19 heavy (non-hydrogen) atoms. The molecule has 0 aliphatic heterocycles. The number of rotatable bonds is 5. The number of methoxy groups -OCH3 is 1. The number of halogens is 3. The van der Waals surface area contributed by atoms with Gasteiger partial charge in [0.25, 0.3) is 0 Å². The van der Waals surface area contributed by atoms with Gasteiger partial charge in [0.05, 0.1) is 5.56 Å². The molecule has 0 aliphatic rings. The molecule has 0 aliphatic carbocycles. The van der Waals surface area contributed by atoms with E-state index in [-0.39, 0.29) is 23.7 Å². The number of ether oxygens (including phenoxy) is 1. The van der Waals surface area contributed by atoms with Gasteiger partial charge in [-0.15, -0.1) is 0 Å². The molecule has 3 N–H and O–H groups in total. The molecule has 0 saturated heterocycles. The number of hydrogen-bond donors (Lipinski definition) is 2. The Kier molecular flexibility index (Phi) is 5.17. The molecule has 0 heterocycles. The average molecular weight is 276 g/mol. The standard InChI is InChI=1S/C12H15F3N2O2/c1-19-6-2-3-11(18)17-8-4-5-10(16)9(7-8)12(13,14)15/h4-5,7H,2-3,6,16H2,1H3,(H,17,18). The van der Waals surface area contributed by atoms with Crippen molar-refractivity contribution in [1.82, 2.24) is 0 Å². The van der Waals surface area contributed by atoms with Crippen molar-refractivity contribution in [2.45, 2.75) is 19.0 Å². The zero-order chi connectivity index (χ0) is 14.5. The quantitative estimate of drug-likeness (QED) is 0.642. The van der Waals surface area contributed by atoms with Gasteiger partial charge in [-0.3, -0.25) is 4.79 Å². The van der Waals surface area contributed by atoms with Gasteiger partial charge in [-0.25, -0.2) is 0 Å². The second-order valence-electron chi connectivity index (χ2n) is 3.94. The fourth-order valence-electron chi connectivity index (χ4n) is 1.48. The van der Waals surface area contributed by atoms with Crippen LogP contribution in [-0.4, -0.2) is 19.6 Å². The molecule has 106 valence electrons. The fraction of sp³-hybridized carbons (Fsp3) is 0.417. The molecule has 1 rings (SSSR count). The maximum absolute atomic E-state index is 12.6. The van der Waals surface area contributed by atoms with Crippen LogP contribution in [0.1, 0.15) is 18.4 Å². The van der Waals surface area contributed by atoms with Gasteiger partial charge >= 0.3 is 6.18 Å². The predicted molar refractivity (Wildman–Crippen MR) is 65.6 cm³/mol. The summed E-state index contributed by atoms with van der Waals surface area (Å²) in [5, 5.41) is 2.39. The third kappa shape index (κ3) is 4.78. The van der Waals surface area contributed by atoms with Crippen LogP contribution < -0.4 is 11.1 Å². The number of carbonyl (C=O) groups excluding carboxylic acids is 1. The summed E-state index contributed by atoms with van der Waals surface area (Å²) in [4.78, 5) is 11.5. The van der Waals surface area contributed by atoms with Crippen molar-refractivity contribution in [3.63, 3.8) is 0 Å². The van der Waals surface area contributed by atoms with Gasteiger partial charge in [0.2, 0.25) is 5.91 Å². The van der Waals surface area contributed by atoms with E-state index in [0.29, 0.717) is 13.0 Å². The lowest BCUT2D eigenvalue weighted by atomic mass is 10.1. The Hall–Kier alpha value is -1.76. The predicted octanol–water partition coefficient (Wildman–Crippen LogP) is 2.65. The van der Waals surface area contributed by atoms with Crippen LogP contribution >= 0.6 is 0 Å². The molecule has 1 aromatic carbocycles. The Balaban J connectivity index is 2.72. The molecule has 0 radical (unpaired) electrons. The highest BCUT2D eigenvalue weighted by Gasteiger charge is 2.33. The summed E-state index contributed by atoms with van der Waals surface area (Å²) < 4.78 is 42.6. The Morgan fingerprint density at radius 2 is 2.11 bits per heavy atom. The lowest BCUT2D eigenvalue weighted by molar-refractivity contribution is -0.136. The fourth-order valence-corrected chi connectivity index (χ4v) is 1.48. The van der Waals surface area contributed by atoms with Crippen molar-refractivity contribution in [1.29, 1.82) is 0 Å². The summed E-state index contributed by atoms with van der Waals surface area (Å²) in [6, 6.07) is 3.27. The average Bonchev–Trinajstić information content (AvgIpc) is 2.30. The summed E-state index contributed by atoms with van der Waals surface area (Å²) in [6.07, 6.45) is -3.86. The summed E-state index contributed by atoms with van der Waals surface area (Å²) in [6.45, 7) is 0.420. The number of alkyl halides is 3. The maximum atomic E-state index is 12.6. The first-order valence-electron chi connectivity index (χ1n) is 5.60. The second kappa shape index (κ2) is 6.42. The molecule has 0 saturated carbocycles. The molecule has 1 amide bonds. The van der Waals surface area contributed by atoms with E-state index in [0.717, 1.165) is 12.1 Å². The van der Waals surface area contributed by atoms with Crippen LogP contribution in [-0.2, 0) is 15.7 Å². The number of benzene rings is 1. The van der Waals surface area contributed by atoms with Gasteiger partial charge in [0, 0.05) is 31.5 Å². The third-order valence-electron chi connectivity index (χ3n) is 2.39. The van der Waals surface area contributed by atoms with E-state index in [1.54, 1.807) is 0 Å². The molecule has 4 nitrogen and oxygen atoms in total. The Labute approximate surface area is 108 Å². The topological polar surface area (TPSA) is 64.3 Å². The Morgan fingerprint density at radius 1 is 1.42 bits per heavy atom. The molecule has 0 fully saturated rings. The molecule has 0 atom stereocenters. The van der Waals surface area contributed by atoms with Crippen LogP contribution in [0.4, 0.5) is 24.5 Å². The van der Waals surface area contributed by atoms with E-state index in [4.69, 9.17) is 10.5 Å². The van der Waals surface area contributed by atoms with Crippen molar-refractivity contribution >= 4 is 17.3 Å². The number of nitrogen functional groups attached to an aromatic ring is 1. The van der Waals surface area contributed by atoms with E-state index >= 15 is 0 Å². The number of nitrogens with two attached hydrogens (primary N) is 1. The first kappa shape index (κ1) is 15.3. The number of nitrogens with one attached hydrogen (secondary N) is 1. The summed E-state index contributed by atoms with van der Waals surface area (Å²) >= 11 is 0. The van der Waals surface area contributed by atoms with Crippen LogP contribution in [0.15, 0.2) is 18.2 Å². The van der Waals surface area contributed by atoms with Crippen molar-refractivity contribution in [2.75, 3.05) is 24.8 Å². The number of hydrogen-bond acceptors (Lipinski definition) is 3. The normalized spacial score (nSPS) is 11.4. The van der Waals surface area contributed by atoms with E-state index < -0.39 is 11.7 Å². The second-order valence-corrected chi connectivity index (χ2v) is 3.94. The van der Waals surface area contributed by atoms with Crippen molar-refractivity contribution < 1.29 is 22.7 Å². The molecule has 0 aromatic heterocycles. The van der Waals surface area contributed by atoms with E-state index in [9.17, 15) is 18.0 Å². The van der Waals surface area contributed by atoms with E-state index in [2.05, 4.69) is 5.32 Å². The van der Waals surface area contributed by atoms with E-state index in [1.165, 1.54) is 13.2 Å². The third-order valence-corrected chi connectivity index (χ3v) is 2.39. The lowest BCUT2D eigenvalue weighted by Gasteiger charge is -2.12. The minimum atomic E-state index is -4.54. The molecule has 0 bridgehead atoms. The van der Waals surface area contributed by atoms with Crippen LogP contribution in [0.3, 0.4) is 0 Å². The van der Waals surface area contributed by atoms with Gasteiger partial charge < -0.3 is 15.8 Å². The zero-order valence-electron chi connectivity index (χ0n) is 10.4. The van der Waals surface area contributed by atoms with Crippen molar-refractivity contribution in [3.05, 3.63) is 23.8 Å². The van der Waals surface area contributed by atoms with Crippen LogP contribution in [0, 0.1) is 0 Å². The summed E-state index contributed by atoms with van der Waals surface area (Å²) in [7, 11) is 1.51. The number of amides is 1. The highest BCUT2D eigenvalue weighted by atomic mass is 19.4. The summed E-state index contributed by atoms with van der Waals surface area (Å²) in [5.41, 5.74) is 4.00. The minimum Gasteiger partial charge on any atom is -0.398 e. The van der Waals surface area contributed by atoms with Crippen LogP contribution in [0.2, 0.25) is 0 Å². The molecule has 0 unspecified atom stereocenters. The molecular formula is C12H15F3N2O2. The van der Waals surface area contributed by atoms with Crippen molar-refractivity contribution in [2.24, 2.45) is 0 Å². The SMILES string of the molecule is COCCCC(=O)Nc1ccc(N)c(C(F)(F)F)c1. The van der Waals surface area contributed by atoms with Gasteiger partial charge in [-0.05, 0) is 24.6 Å². The Bertz CT molecular complexity index is 447. The zero-order valence-corrected chi connectivity index (χ0v) is 10.4. The molecule has 7 heteroatoms. The Morgan fingerprint density at radius 3 is 2.68 bits per heavy atom. The number of carbonyl (C=O) groups is 1. The van der Waals surface area contributed by atoms with E-state index in [1.807, 2.05) is 0 Å². The van der Waals surface area contributed by atoms with Crippen LogP contribution in [0.5, 0.6) is 0 Å². The lowest BCUT2D eigenvalue weighted by Crippen LogP contribution is -2.14. The molecular weight excluding hydrogens is 261 g/mol. The first-order chi connectivity index (χ1) is 8.84. The molecule has 1 aromatic rings. The minimum absolute atomic E-state index is 0.0731. The van der Waals surface area contributed by atoms with Gasteiger partial charge in [-0.1, -0.05) is 0 Å². The first-order valence-corrected chi connectivity index (χ1v) is 5.60. The highest BCUT2D eigenvalue weighted by Crippen LogP contribution is 2.35.